The monoisotopic (exact) mass is 414 g/mol. The second kappa shape index (κ2) is 7.47. The van der Waals surface area contributed by atoms with Gasteiger partial charge in [0.2, 0.25) is 0 Å². The van der Waals surface area contributed by atoms with Crippen LogP contribution in [0.25, 0.3) is 5.57 Å². The summed E-state index contributed by atoms with van der Waals surface area (Å²) in [7, 11) is 0. The minimum atomic E-state index is -0.303. The number of carbonyl (C=O) groups excluding carboxylic acids is 2. The van der Waals surface area contributed by atoms with E-state index in [1.54, 1.807) is 24.3 Å². The topological polar surface area (TPSA) is 40.6 Å². The molecule has 5 rings (SSSR count). The van der Waals surface area contributed by atoms with Crippen molar-refractivity contribution in [1.29, 1.82) is 0 Å². The molecule has 0 atom stereocenters. The zero-order valence-corrected chi connectivity index (χ0v) is 17.0. The molecule has 4 nitrogen and oxygen atoms in total. The number of nitrogens with zero attached hydrogens (tertiary/aromatic N) is 2. The second-order valence-electron chi connectivity index (χ2n) is 7.45. The Morgan fingerprint density at radius 3 is 2.13 bits per heavy atom. The Kier molecular flexibility index (Phi) is 4.64. The van der Waals surface area contributed by atoms with Crippen molar-refractivity contribution >= 4 is 34.7 Å². The number of hydrogen-bond acceptors (Lipinski definition) is 3. The van der Waals surface area contributed by atoms with Gasteiger partial charge in [0.25, 0.3) is 11.8 Å². The van der Waals surface area contributed by atoms with E-state index in [0.29, 0.717) is 35.1 Å². The Hall–Kier alpha value is -3.37. The largest absolute Gasteiger partial charge is 0.362 e. The van der Waals surface area contributed by atoms with Crippen LogP contribution in [0.5, 0.6) is 0 Å². The van der Waals surface area contributed by atoms with Crippen molar-refractivity contribution in [3.8, 4) is 0 Å². The second-order valence-corrected chi connectivity index (χ2v) is 7.89. The molecule has 0 bridgehead atoms. The number of fused-ring (bicyclic) bond motifs is 1. The lowest BCUT2D eigenvalue weighted by molar-refractivity contribution is -0.120. The third kappa shape index (κ3) is 3.10. The zero-order valence-electron chi connectivity index (χ0n) is 16.2. The molecule has 0 aromatic heterocycles. The van der Waals surface area contributed by atoms with E-state index in [4.69, 9.17) is 11.6 Å². The lowest BCUT2D eigenvalue weighted by Gasteiger charge is -2.31. The highest BCUT2D eigenvalue weighted by molar-refractivity contribution is 6.45. The van der Waals surface area contributed by atoms with E-state index in [2.05, 4.69) is 12.1 Å². The highest BCUT2D eigenvalue weighted by Gasteiger charge is 2.42. The van der Waals surface area contributed by atoms with E-state index >= 15 is 0 Å². The summed E-state index contributed by atoms with van der Waals surface area (Å²) in [5, 5.41) is 0.557. The molecule has 0 N–H and O–H groups in total. The van der Waals surface area contributed by atoms with Gasteiger partial charge in [0.1, 0.15) is 5.70 Å². The highest BCUT2D eigenvalue weighted by Crippen LogP contribution is 2.36. The van der Waals surface area contributed by atoms with Gasteiger partial charge in [-0.2, -0.15) is 0 Å². The van der Waals surface area contributed by atoms with Crippen molar-refractivity contribution in [3.05, 3.63) is 106 Å². The van der Waals surface area contributed by atoms with Crippen molar-refractivity contribution in [2.24, 2.45) is 0 Å². The molecule has 0 aliphatic carbocycles. The van der Waals surface area contributed by atoms with Crippen LogP contribution in [0.4, 0.5) is 5.69 Å². The first-order chi connectivity index (χ1) is 14.6. The van der Waals surface area contributed by atoms with Crippen LogP contribution in [0.3, 0.4) is 0 Å². The SMILES string of the molecule is O=C1C(c2ccccc2)=C(N2CCc3ccccc3C2)C(=O)N1c1ccc(Cl)cc1. The lowest BCUT2D eigenvalue weighted by atomic mass is 9.98. The Morgan fingerprint density at radius 2 is 1.40 bits per heavy atom. The molecule has 3 aromatic rings. The summed E-state index contributed by atoms with van der Waals surface area (Å²) in [5.74, 6) is -0.595. The van der Waals surface area contributed by atoms with Gasteiger partial charge in [0.15, 0.2) is 0 Å². The third-order valence-electron chi connectivity index (χ3n) is 5.65. The van der Waals surface area contributed by atoms with Gasteiger partial charge in [-0.15, -0.1) is 0 Å². The molecule has 0 saturated carbocycles. The lowest BCUT2D eigenvalue weighted by Crippen LogP contribution is -2.37. The molecule has 148 valence electrons. The summed E-state index contributed by atoms with van der Waals surface area (Å²) in [6.07, 6.45) is 0.837. The molecule has 0 unspecified atom stereocenters. The fourth-order valence-electron chi connectivity index (χ4n) is 4.19. The summed E-state index contributed by atoms with van der Waals surface area (Å²) in [5.41, 5.74) is 4.68. The minimum Gasteiger partial charge on any atom is -0.362 e. The van der Waals surface area contributed by atoms with Crippen LogP contribution in [-0.4, -0.2) is 23.3 Å². The van der Waals surface area contributed by atoms with E-state index in [0.717, 1.165) is 12.0 Å². The van der Waals surface area contributed by atoms with Gasteiger partial charge in [0, 0.05) is 18.1 Å². The Bertz CT molecular complexity index is 1170. The molecule has 0 fully saturated rings. The highest BCUT2D eigenvalue weighted by atomic mass is 35.5. The van der Waals surface area contributed by atoms with Crippen molar-refractivity contribution in [3.63, 3.8) is 0 Å². The first-order valence-electron chi connectivity index (χ1n) is 9.89. The number of benzene rings is 3. The van der Waals surface area contributed by atoms with Gasteiger partial charge in [-0.1, -0.05) is 66.2 Å². The fraction of sp³-hybridized carbons (Fsp3) is 0.120. The molecule has 2 amide bonds. The average Bonchev–Trinajstić information content (AvgIpc) is 3.05. The van der Waals surface area contributed by atoms with Crippen LogP contribution in [0, 0.1) is 0 Å². The molecule has 2 aliphatic rings. The molecule has 0 saturated heterocycles. The summed E-state index contributed by atoms with van der Waals surface area (Å²) in [6, 6.07) is 24.5. The van der Waals surface area contributed by atoms with Gasteiger partial charge in [-0.3, -0.25) is 9.59 Å². The maximum atomic E-state index is 13.6. The van der Waals surface area contributed by atoms with Crippen molar-refractivity contribution < 1.29 is 9.59 Å². The van der Waals surface area contributed by atoms with Gasteiger partial charge >= 0.3 is 0 Å². The van der Waals surface area contributed by atoms with E-state index < -0.39 is 0 Å². The molecule has 30 heavy (non-hydrogen) atoms. The Balaban J connectivity index is 1.61. The van der Waals surface area contributed by atoms with Crippen LogP contribution in [-0.2, 0) is 22.6 Å². The molecule has 3 aromatic carbocycles. The first-order valence-corrected chi connectivity index (χ1v) is 10.3. The van der Waals surface area contributed by atoms with Gasteiger partial charge in [0.05, 0.1) is 11.3 Å². The molecule has 5 heteroatoms. The van der Waals surface area contributed by atoms with Crippen LogP contribution >= 0.6 is 11.6 Å². The first kappa shape index (κ1) is 18.6. The zero-order chi connectivity index (χ0) is 20.7. The summed E-state index contributed by atoms with van der Waals surface area (Å²) < 4.78 is 0. The van der Waals surface area contributed by atoms with Crippen LogP contribution in [0.15, 0.2) is 84.6 Å². The predicted octanol–water partition coefficient (Wildman–Crippen LogP) is 4.68. The molecular weight excluding hydrogens is 396 g/mol. The summed E-state index contributed by atoms with van der Waals surface area (Å²) in [4.78, 5) is 30.4. The van der Waals surface area contributed by atoms with Gasteiger partial charge in [-0.25, -0.2) is 4.90 Å². The van der Waals surface area contributed by atoms with E-state index in [1.165, 1.54) is 16.0 Å². The molecule has 0 radical (unpaired) electrons. The number of hydrogen-bond donors (Lipinski definition) is 0. The van der Waals surface area contributed by atoms with Gasteiger partial charge in [-0.05, 0) is 47.4 Å². The standard InChI is InChI=1S/C25H19ClN2O2/c26-20-10-12-21(13-11-20)28-24(29)22(18-7-2-1-3-8-18)23(25(28)30)27-15-14-17-6-4-5-9-19(17)16-27/h1-13H,14-16H2. The number of halogens is 1. The Labute approximate surface area is 180 Å². The number of anilines is 1. The van der Waals surface area contributed by atoms with Gasteiger partial charge < -0.3 is 4.90 Å². The quantitative estimate of drug-likeness (QED) is 0.584. The average molecular weight is 415 g/mol. The van der Waals surface area contributed by atoms with Crippen LogP contribution in [0.1, 0.15) is 16.7 Å². The smallest absolute Gasteiger partial charge is 0.282 e. The minimum absolute atomic E-state index is 0.291. The molecular formula is C25H19ClN2O2. The van der Waals surface area contributed by atoms with E-state index in [1.807, 2.05) is 47.4 Å². The van der Waals surface area contributed by atoms with Crippen LogP contribution < -0.4 is 4.90 Å². The van der Waals surface area contributed by atoms with E-state index in [-0.39, 0.29) is 11.8 Å². The number of rotatable bonds is 3. The van der Waals surface area contributed by atoms with E-state index in [9.17, 15) is 9.59 Å². The molecule has 0 spiro atoms. The maximum Gasteiger partial charge on any atom is 0.282 e. The van der Waals surface area contributed by atoms with Crippen molar-refractivity contribution in [2.75, 3.05) is 11.4 Å². The molecule has 2 aliphatic heterocycles. The predicted molar refractivity (Wildman–Crippen MR) is 118 cm³/mol. The number of imide groups is 1. The number of amides is 2. The van der Waals surface area contributed by atoms with Crippen molar-refractivity contribution in [2.45, 2.75) is 13.0 Å². The normalized spacial score (nSPS) is 16.3. The fourth-order valence-corrected chi connectivity index (χ4v) is 4.31. The number of carbonyl (C=O) groups is 2. The molecule has 2 heterocycles. The summed E-state index contributed by atoms with van der Waals surface area (Å²) in [6.45, 7) is 1.30. The van der Waals surface area contributed by atoms with Crippen molar-refractivity contribution in [1.82, 2.24) is 4.90 Å². The third-order valence-corrected chi connectivity index (χ3v) is 5.91. The maximum absolute atomic E-state index is 13.6. The van der Waals surface area contributed by atoms with Crippen LogP contribution in [0.2, 0.25) is 5.02 Å². The summed E-state index contributed by atoms with van der Waals surface area (Å²) >= 11 is 6.01. The Morgan fingerprint density at radius 1 is 0.733 bits per heavy atom.